The number of nitrogens with zero attached hydrogens (tertiary/aromatic N) is 2. The van der Waals surface area contributed by atoms with Crippen LogP contribution >= 0.6 is 11.3 Å². The van der Waals surface area contributed by atoms with Crippen molar-refractivity contribution in [2.45, 2.75) is 6.92 Å². The fraction of sp³-hybridized carbons (Fsp3) is 0.182. The van der Waals surface area contributed by atoms with E-state index in [1.807, 2.05) is 0 Å². The molecule has 7 heteroatoms. The second-order valence-corrected chi connectivity index (χ2v) is 4.53. The minimum Gasteiger partial charge on any atom is -0.363 e. The Bertz CT molecular complexity index is 584. The molecule has 0 unspecified atom stereocenters. The van der Waals surface area contributed by atoms with Crippen LogP contribution < -0.4 is 10.6 Å². The molecule has 0 atom stereocenters. The molecule has 0 aliphatic heterocycles. The minimum absolute atomic E-state index is 0.140. The Labute approximate surface area is 107 Å². The summed E-state index contributed by atoms with van der Waals surface area (Å²) in [4.78, 5) is 11.8. The first-order chi connectivity index (χ1) is 8.61. The summed E-state index contributed by atoms with van der Waals surface area (Å²) < 4.78 is 13.7. The third-order valence-electron chi connectivity index (χ3n) is 2.27. The van der Waals surface area contributed by atoms with Crippen molar-refractivity contribution >= 4 is 28.1 Å². The highest BCUT2D eigenvalue weighted by molar-refractivity contribution is 7.17. The van der Waals surface area contributed by atoms with Crippen LogP contribution in [0.2, 0.25) is 0 Å². The van der Waals surface area contributed by atoms with E-state index in [-0.39, 0.29) is 10.7 Å². The van der Waals surface area contributed by atoms with E-state index in [1.54, 1.807) is 26.1 Å². The lowest BCUT2D eigenvalue weighted by molar-refractivity contribution is 0.102. The molecular weight excluding hydrogens is 255 g/mol. The molecule has 1 aromatic heterocycles. The Balaban J connectivity index is 2.18. The highest BCUT2D eigenvalue weighted by atomic mass is 32.1. The molecule has 2 aromatic rings. The van der Waals surface area contributed by atoms with Crippen LogP contribution in [0.15, 0.2) is 18.2 Å². The van der Waals surface area contributed by atoms with Gasteiger partial charge < -0.3 is 10.6 Å². The zero-order valence-corrected chi connectivity index (χ0v) is 10.6. The maximum Gasteiger partial charge on any atom is 0.286 e. The molecule has 0 bridgehead atoms. The van der Waals surface area contributed by atoms with E-state index in [2.05, 4.69) is 20.8 Å². The summed E-state index contributed by atoms with van der Waals surface area (Å²) in [6, 6.07) is 4.81. The van der Waals surface area contributed by atoms with Crippen LogP contribution in [0, 0.1) is 12.7 Å². The van der Waals surface area contributed by atoms with E-state index in [1.165, 1.54) is 6.07 Å². The molecule has 5 nitrogen and oxygen atoms in total. The van der Waals surface area contributed by atoms with Crippen molar-refractivity contribution in [3.05, 3.63) is 34.6 Å². The molecular formula is C11H11FN4OS. The Morgan fingerprint density at radius 2 is 2.17 bits per heavy atom. The summed E-state index contributed by atoms with van der Waals surface area (Å²) in [6.07, 6.45) is 0. The average Bonchev–Trinajstić information content (AvgIpc) is 2.83. The molecule has 1 amide bonds. The molecule has 0 spiro atoms. The number of benzene rings is 1. The van der Waals surface area contributed by atoms with Gasteiger partial charge in [0.15, 0.2) is 0 Å². The Hall–Kier alpha value is -2.02. The second-order valence-electron chi connectivity index (χ2n) is 3.55. The molecule has 0 radical (unpaired) electrons. The molecule has 94 valence electrons. The Morgan fingerprint density at radius 3 is 2.83 bits per heavy atom. The van der Waals surface area contributed by atoms with Crippen molar-refractivity contribution in [1.82, 2.24) is 10.2 Å². The molecule has 2 rings (SSSR count). The van der Waals surface area contributed by atoms with E-state index in [0.717, 1.165) is 11.3 Å². The topological polar surface area (TPSA) is 66.9 Å². The van der Waals surface area contributed by atoms with Crippen molar-refractivity contribution in [3.8, 4) is 0 Å². The first-order valence-electron chi connectivity index (χ1n) is 5.19. The maximum atomic E-state index is 13.7. The molecule has 0 saturated heterocycles. The zero-order chi connectivity index (χ0) is 13.1. The van der Waals surface area contributed by atoms with Gasteiger partial charge in [0.05, 0.1) is 5.69 Å². The standard InChI is InChI=1S/C11H11FN4OS/c1-6-4-3-5-7(8(6)12)14-9(17)10-15-16-11(13-2)18-10/h3-5H,1-2H3,(H,13,16)(H,14,17). The highest BCUT2D eigenvalue weighted by Crippen LogP contribution is 2.20. The van der Waals surface area contributed by atoms with Crippen LogP contribution in [-0.4, -0.2) is 23.2 Å². The van der Waals surface area contributed by atoms with Gasteiger partial charge in [-0.2, -0.15) is 0 Å². The molecule has 2 N–H and O–H groups in total. The lowest BCUT2D eigenvalue weighted by atomic mass is 10.2. The fourth-order valence-corrected chi connectivity index (χ4v) is 1.93. The van der Waals surface area contributed by atoms with Crippen LogP contribution in [0.25, 0.3) is 0 Å². The van der Waals surface area contributed by atoms with Gasteiger partial charge in [0.25, 0.3) is 5.91 Å². The number of hydrogen-bond acceptors (Lipinski definition) is 5. The summed E-state index contributed by atoms with van der Waals surface area (Å²) >= 11 is 1.10. The first kappa shape index (κ1) is 12.4. The van der Waals surface area contributed by atoms with Crippen LogP contribution in [-0.2, 0) is 0 Å². The average molecular weight is 266 g/mol. The summed E-state index contributed by atoms with van der Waals surface area (Å²) in [5, 5.41) is 13.4. The number of hydrogen-bond donors (Lipinski definition) is 2. The van der Waals surface area contributed by atoms with Crippen LogP contribution in [0.4, 0.5) is 15.2 Å². The Morgan fingerprint density at radius 1 is 1.39 bits per heavy atom. The van der Waals surface area contributed by atoms with Crippen molar-refractivity contribution < 1.29 is 9.18 Å². The molecule has 0 aliphatic rings. The van der Waals surface area contributed by atoms with Gasteiger partial charge in [0, 0.05) is 7.05 Å². The van der Waals surface area contributed by atoms with E-state index in [4.69, 9.17) is 0 Å². The van der Waals surface area contributed by atoms with E-state index < -0.39 is 11.7 Å². The third-order valence-corrected chi connectivity index (χ3v) is 3.21. The number of halogens is 1. The van der Waals surface area contributed by atoms with Gasteiger partial charge >= 0.3 is 0 Å². The third kappa shape index (κ3) is 2.45. The van der Waals surface area contributed by atoms with Gasteiger partial charge in [-0.25, -0.2) is 4.39 Å². The smallest absolute Gasteiger partial charge is 0.286 e. The second kappa shape index (κ2) is 5.09. The van der Waals surface area contributed by atoms with Crippen LogP contribution in [0.5, 0.6) is 0 Å². The lowest BCUT2D eigenvalue weighted by Crippen LogP contribution is -2.13. The maximum absolute atomic E-state index is 13.7. The summed E-state index contributed by atoms with van der Waals surface area (Å²) in [7, 11) is 1.68. The molecule has 0 aliphatic carbocycles. The number of carbonyl (C=O) groups excluding carboxylic acids is 1. The summed E-state index contributed by atoms with van der Waals surface area (Å²) in [5.41, 5.74) is 0.613. The predicted octanol–water partition coefficient (Wildman–Crippen LogP) is 2.28. The molecule has 18 heavy (non-hydrogen) atoms. The minimum atomic E-state index is -0.474. The number of carbonyl (C=O) groups is 1. The highest BCUT2D eigenvalue weighted by Gasteiger charge is 2.14. The SMILES string of the molecule is CNc1nnc(C(=O)Nc2cccc(C)c2F)s1. The zero-order valence-electron chi connectivity index (χ0n) is 9.82. The van der Waals surface area contributed by atoms with Crippen molar-refractivity contribution in [1.29, 1.82) is 0 Å². The largest absolute Gasteiger partial charge is 0.363 e. The van der Waals surface area contributed by atoms with Gasteiger partial charge in [-0.05, 0) is 18.6 Å². The number of rotatable bonds is 3. The van der Waals surface area contributed by atoms with Crippen LogP contribution in [0.3, 0.4) is 0 Å². The van der Waals surface area contributed by atoms with Gasteiger partial charge in [-0.15, -0.1) is 10.2 Å². The van der Waals surface area contributed by atoms with Gasteiger partial charge in [-0.1, -0.05) is 23.5 Å². The van der Waals surface area contributed by atoms with Crippen molar-refractivity contribution in [2.75, 3.05) is 17.7 Å². The van der Waals surface area contributed by atoms with Crippen molar-refractivity contribution in [3.63, 3.8) is 0 Å². The van der Waals surface area contributed by atoms with Gasteiger partial charge in [0.2, 0.25) is 10.1 Å². The molecule has 1 heterocycles. The van der Waals surface area contributed by atoms with E-state index >= 15 is 0 Å². The fourth-order valence-electron chi connectivity index (χ4n) is 1.34. The van der Waals surface area contributed by atoms with Gasteiger partial charge in [-0.3, -0.25) is 4.79 Å². The monoisotopic (exact) mass is 266 g/mol. The van der Waals surface area contributed by atoms with E-state index in [0.29, 0.717) is 10.7 Å². The first-order valence-corrected chi connectivity index (χ1v) is 6.01. The number of anilines is 2. The van der Waals surface area contributed by atoms with E-state index in [9.17, 15) is 9.18 Å². The summed E-state index contributed by atoms with van der Waals surface area (Å²) in [6.45, 7) is 1.63. The van der Waals surface area contributed by atoms with Crippen LogP contribution in [0.1, 0.15) is 15.4 Å². The number of aryl methyl sites for hydroxylation is 1. The molecule has 0 fully saturated rings. The van der Waals surface area contributed by atoms with Crippen molar-refractivity contribution in [2.24, 2.45) is 0 Å². The molecule has 1 aromatic carbocycles. The number of amides is 1. The number of aromatic nitrogens is 2. The normalized spacial score (nSPS) is 10.2. The number of nitrogens with one attached hydrogen (secondary N) is 2. The predicted molar refractivity (Wildman–Crippen MR) is 68.5 cm³/mol. The summed E-state index contributed by atoms with van der Waals surface area (Å²) in [5.74, 6) is -0.914. The molecule has 0 saturated carbocycles. The lowest BCUT2D eigenvalue weighted by Gasteiger charge is -2.05. The quantitative estimate of drug-likeness (QED) is 0.894. The Kier molecular flexibility index (Phi) is 3.52. The van der Waals surface area contributed by atoms with Gasteiger partial charge in [0.1, 0.15) is 5.82 Å².